The number of hydrogen-bond donors (Lipinski definition) is 0. The van der Waals surface area contributed by atoms with Crippen LogP contribution in [0.1, 0.15) is 30.1 Å². The van der Waals surface area contributed by atoms with Crippen LogP contribution in [-0.2, 0) is 0 Å². The first-order valence-corrected chi connectivity index (χ1v) is 7.20. The van der Waals surface area contributed by atoms with Gasteiger partial charge in [0.05, 0.1) is 0 Å². The number of carbonyl (C=O) groups is 1. The van der Waals surface area contributed by atoms with Gasteiger partial charge in [0, 0.05) is 11.6 Å². The molecule has 0 spiro atoms. The van der Waals surface area contributed by atoms with E-state index in [2.05, 4.69) is 4.74 Å². The van der Waals surface area contributed by atoms with E-state index >= 15 is 0 Å². The summed E-state index contributed by atoms with van der Waals surface area (Å²) in [6.07, 6.45) is -7.94. The first kappa shape index (κ1) is 18.4. The van der Waals surface area contributed by atoms with Crippen molar-refractivity contribution in [2.24, 2.45) is 5.92 Å². The minimum absolute atomic E-state index is 0.0177. The predicted octanol–water partition coefficient (Wildman–Crippen LogP) is 4.39. The van der Waals surface area contributed by atoms with Crippen LogP contribution < -0.4 is 4.74 Å². The average molecular weight is 355 g/mol. The van der Waals surface area contributed by atoms with Gasteiger partial charge in [-0.05, 0) is 49.9 Å². The van der Waals surface area contributed by atoms with Crippen LogP contribution in [0.15, 0.2) is 24.3 Å². The van der Waals surface area contributed by atoms with Crippen molar-refractivity contribution < 1.29 is 35.9 Å². The van der Waals surface area contributed by atoms with Crippen LogP contribution in [0.5, 0.6) is 5.75 Å². The smallest absolute Gasteiger partial charge is 0.406 e. The van der Waals surface area contributed by atoms with E-state index in [0.29, 0.717) is 0 Å². The summed E-state index contributed by atoms with van der Waals surface area (Å²) < 4.78 is 78.2. The van der Waals surface area contributed by atoms with E-state index in [4.69, 9.17) is 0 Å². The van der Waals surface area contributed by atoms with Crippen molar-refractivity contribution >= 4 is 5.91 Å². The lowest BCUT2D eigenvalue weighted by Crippen LogP contribution is -2.45. The molecule has 0 unspecified atom stereocenters. The SMILES string of the molecule is C[C@H](C1CC1)N(CC(F)(F)F)C(=O)c1ccc(OC(F)(F)F)cc1. The lowest BCUT2D eigenvalue weighted by molar-refractivity contribution is -0.274. The van der Waals surface area contributed by atoms with Crippen molar-refractivity contribution in [3.05, 3.63) is 29.8 Å². The fraction of sp³-hybridized carbons (Fsp3) is 0.533. The Hall–Kier alpha value is -1.93. The summed E-state index contributed by atoms with van der Waals surface area (Å²) in [5.41, 5.74) is -0.124. The van der Waals surface area contributed by atoms with Crippen LogP contribution in [-0.4, -0.2) is 35.9 Å². The molecular formula is C15H15F6NO2. The van der Waals surface area contributed by atoms with Crippen LogP contribution in [0.2, 0.25) is 0 Å². The number of halogens is 6. The number of amides is 1. The molecule has 1 atom stereocenters. The minimum Gasteiger partial charge on any atom is -0.406 e. The molecular weight excluding hydrogens is 340 g/mol. The number of carbonyl (C=O) groups excluding carboxylic acids is 1. The fourth-order valence-electron chi connectivity index (χ4n) is 2.39. The lowest BCUT2D eigenvalue weighted by atomic mass is 10.1. The van der Waals surface area contributed by atoms with Gasteiger partial charge in [-0.2, -0.15) is 13.2 Å². The molecule has 24 heavy (non-hydrogen) atoms. The number of alkyl halides is 6. The highest BCUT2D eigenvalue weighted by molar-refractivity contribution is 5.94. The Bertz CT molecular complexity index is 577. The summed E-state index contributed by atoms with van der Waals surface area (Å²) in [6, 6.07) is 3.24. The van der Waals surface area contributed by atoms with Gasteiger partial charge in [-0.25, -0.2) is 0 Å². The molecule has 9 heteroatoms. The molecule has 1 aliphatic carbocycles. The summed E-state index contributed by atoms with van der Waals surface area (Å²) in [5.74, 6) is -1.40. The topological polar surface area (TPSA) is 29.5 Å². The van der Waals surface area contributed by atoms with Crippen LogP contribution in [0.4, 0.5) is 26.3 Å². The van der Waals surface area contributed by atoms with Gasteiger partial charge in [0.15, 0.2) is 0 Å². The van der Waals surface area contributed by atoms with E-state index in [-0.39, 0.29) is 11.5 Å². The zero-order valence-corrected chi connectivity index (χ0v) is 12.6. The highest BCUT2D eigenvalue weighted by Crippen LogP contribution is 2.36. The zero-order chi connectivity index (χ0) is 18.1. The van der Waals surface area contributed by atoms with Crippen LogP contribution in [0.3, 0.4) is 0 Å². The Morgan fingerprint density at radius 1 is 1.17 bits per heavy atom. The summed E-state index contributed by atoms with van der Waals surface area (Å²) in [4.78, 5) is 13.1. The van der Waals surface area contributed by atoms with Crippen molar-refractivity contribution in [2.45, 2.75) is 38.3 Å². The van der Waals surface area contributed by atoms with E-state index in [9.17, 15) is 31.1 Å². The Kier molecular flexibility index (Phi) is 5.00. The van der Waals surface area contributed by atoms with E-state index in [1.54, 1.807) is 6.92 Å². The average Bonchev–Trinajstić information content (AvgIpc) is 3.26. The van der Waals surface area contributed by atoms with Crippen LogP contribution in [0.25, 0.3) is 0 Å². The quantitative estimate of drug-likeness (QED) is 0.734. The fourth-order valence-corrected chi connectivity index (χ4v) is 2.39. The van der Waals surface area contributed by atoms with Crippen molar-refractivity contribution in [3.63, 3.8) is 0 Å². The van der Waals surface area contributed by atoms with E-state index in [1.807, 2.05) is 0 Å². The number of benzene rings is 1. The first-order valence-electron chi connectivity index (χ1n) is 7.20. The van der Waals surface area contributed by atoms with Crippen LogP contribution in [0, 0.1) is 5.92 Å². The molecule has 0 bridgehead atoms. The first-order chi connectivity index (χ1) is 11.0. The van der Waals surface area contributed by atoms with Gasteiger partial charge in [0.2, 0.25) is 0 Å². The van der Waals surface area contributed by atoms with Crippen LogP contribution >= 0.6 is 0 Å². The van der Waals surface area contributed by atoms with Crippen molar-refractivity contribution in [3.8, 4) is 5.75 Å². The lowest BCUT2D eigenvalue weighted by Gasteiger charge is -2.30. The molecule has 0 heterocycles. The maximum absolute atomic E-state index is 12.7. The second kappa shape index (κ2) is 6.52. The van der Waals surface area contributed by atoms with Gasteiger partial charge >= 0.3 is 12.5 Å². The van der Waals surface area contributed by atoms with Gasteiger partial charge in [-0.3, -0.25) is 4.79 Å². The molecule has 1 aromatic rings. The number of rotatable bonds is 5. The molecule has 0 saturated heterocycles. The van der Waals surface area contributed by atoms with Crippen molar-refractivity contribution in [2.75, 3.05) is 6.54 Å². The number of ether oxygens (including phenoxy) is 1. The van der Waals surface area contributed by atoms with Crippen molar-refractivity contribution in [1.82, 2.24) is 4.90 Å². The molecule has 1 fully saturated rings. The third-order valence-corrected chi connectivity index (χ3v) is 3.74. The molecule has 0 aromatic heterocycles. The molecule has 1 amide bonds. The molecule has 134 valence electrons. The summed E-state index contributed by atoms with van der Waals surface area (Å²) in [7, 11) is 0. The molecule has 3 nitrogen and oxygen atoms in total. The summed E-state index contributed by atoms with van der Waals surface area (Å²) >= 11 is 0. The maximum Gasteiger partial charge on any atom is 0.573 e. The predicted molar refractivity (Wildman–Crippen MR) is 72.4 cm³/mol. The number of nitrogens with zero attached hydrogens (tertiary/aromatic N) is 1. The Labute approximate surface area is 134 Å². The van der Waals surface area contributed by atoms with Gasteiger partial charge < -0.3 is 9.64 Å². The third kappa shape index (κ3) is 5.31. The van der Waals surface area contributed by atoms with E-state index in [0.717, 1.165) is 42.0 Å². The molecule has 1 aliphatic rings. The minimum atomic E-state index is -4.88. The zero-order valence-electron chi connectivity index (χ0n) is 12.6. The molecule has 0 radical (unpaired) electrons. The second-order valence-corrected chi connectivity index (χ2v) is 5.70. The van der Waals surface area contributed by atoms with E-state index in [1.165, 1.54) is 0 Å². The monoisotopic (exact) mass is 355 g/mol. The highest BCUT2D eigenvalue weighted by Gasteiger charge is 2.40. The normalized spacial score (nSPS) is 16.6. The van der Waals surface area contributed by atoms with Gasteiger partial charge in [0.1, 0.15) is 12.3 Å². The molecule has 1 saturated carbocycles. The molecule has 0 aliphatic heterocycles. The highest BCUT2D eigenvalue weighted by atomic mass is 19.4. The third-order valence-electron chi connectivity index (χ3n) is 3.74. The van der Waals surface area contributed by atoms with Gasteiger partial charge in [-0.15, -0.1) is 13.2 Å². The summed E-state index contributed by atoms with van der Waals surface area (Å²) in [5, 5.41) is 0. The molecule has 0 N–H and O–H groups in total. The van der Waals surface area contributed by atoms with Gasteiger partial charge in [0.25, 0.3) is 5.91 Å². The molecule has 2 rings (SSSR count). The Morgan fingerprint density at radius 3 is 2.12 bits per heavy atom. The van der Waals surface area contributed by atoms with Gasteiger partial charge in [-0.1, -0.05) is 0 Å². The Morgan fingerprint density at radius 2 is 1.71 bits per heavy atom. The second-order valence-electron chi connectivity index (χ2n) is 5.70. The van der Waals surface area contributed by atoms with Crippen molar-refractivity contribution in [1.29, 1.82) is 0 Å². The Balaban J connectivity index is 2.16. The largest absolute Gasteiger partial charge is 0.573 e. The van der Waals surface area contributed by atoms with E-state index < -0.39 is 36.8 Å². The standard InChI is InChI=1S/C15H15F6NO2/c1-9(10-2-3-10)22(8-14(16,17)18)13(23)11-4-6-12(7-5-11)24-15(19,20)21/h4-7,9-10H,2-3,8H2,1H3/t9-/m1/s1. The number of hydrogen-bond acceptors (Lipinski definition) is 2. The molecule has 1 aromatic carbocycles. The maximum atomic E-state index is 12.7. The summed E-state index contributed by atoms with van der Waals surface area (Å²) in [6.45, 7) is 0.146.